The van der Waals surface area contributed by atoms with Gasteiger partial charge in [-0.1, -0.05) is 43.6 Å². The predicted molar refractivity (Wildman–Crippen MR) is 145 cm³/mol. The Morgan fingerprint density at radius 2 is 1.89 bits per heavy atom. The number of carbonyl (C=O) groups is 3. The molecule has 0 fully saturated rings. The fourth-order valence-corrected chi connectivity index (χ4v) is 4.06. The summed E-state index contributed by atoms with van der Waals surface area (Å²) in [6.45, 7) is 5.33. The van der Waals surface area contributed by atoms with Crippen LogP contribution in [0.3, 0.4) is 0 Å². The Morgan fingerprint density at radius 1 is 1.19 bits per heavy atom. The van der Waals surface area contributed by atoms with Crippen LogP contribution in [0.25, 0.3) is 0 Å². The Bertz CT molecular complexity index is 1350. The first kappa shape index (κ1) is 30.0. The van der Waals surface area contributed by atoms with Gasteiger partial charge in [0.1, 0.15) is 11.8 Å². The molecular weight excluding hydrogens is 539 g/mol. The van der Waals surface area contributed by atoms with Gasteiger partial charge in [0.2, 0.25) is 0 Å². The van der Waals surface area contributed by atoms with Crippen LogP contribution in [-0.2, 0) is 16.3 Å². The number of halogens is 2. The van der Waals surface area contributed by atoms with Crippen molar-refractivity contribution >= 4 is 58.8 Å². The number of nitrogens with two attached hydrogens (primary N) is 1. The Balaban J connectivity index is 0.00000481. The number of hydrogen-bond donors (Lipinski definition) is 2. The fourth-order valence-electron chi connectivity index (χ4n) is 3.14. The van der Waals surface area contributed by atoms with Gasteiger partial charge < -0.3 is 20.5 Å². The molecule has 37 heavy (non-hydrogen) atoms. The molecule has 1 aromatic heterocycles. The highest BCUT2D eigenvalue weighted by Crippen LogP contribution is 2.32. The van der Waals surface area contributed by atoms with Gasteiger partial charge in [-0.25, -0.2) is 0 Å². The third-order valence-corrected chi connectivity index (χ3v) is 6.46. The maximum Gasteiger partial charge on any atom is 0.324 e. The number of aryl methyl sites for hydroxylation is 1. The third kappa shape index (κ3) is 7.42. The van der Waals surface area contributed by atoms with E-state index in [-0.39, 0.29) is 53.0 Å². The van der Waals surface area contributed by atoms with Gasteiger partial charge in [0.05, 0.1) is 23.4 Å². The second-order valence-electron chi connectivity index (χ2n) is 8.24. The first-order valence-electron chi connectivity index (χ1n) is 11.0. The number of esters is 1. The zero-order valence-corrected chi connectivity index (χ0v) is 23.1. The minimum atomic E-state index is -0.748. The van der Waals surface area contributed by atoms with Crippen molar-refractivity contribution in [3.63, 3.8) is 0 Å². The van der Waals surface area contributed by atoms with Gasteiger partial charge in [0, 0.05) is 23.2 Å². The standard InChI is InChI=1S/C25H27ClN4O5S.ClH/c1-14(2)21(27)24(33)35-13-30-9-10-36-25(30)29-23(32)17-11-18(26)19(12-20(17)34-4)28-22(31)16-8-6-5-7-15(16)3;/h5-12,14,21H,13,27H2,1-4H3,(H,28,31);1H/b29-25-;/t21-;/m0./s1. The summed E-state index contributed by atoms with van der Waals surface area (Å²) in [4.78, 5) is 42.2. The number of amides is 2. The van der Waals surface area contributed by atoms with Gasteiger partial charge >= 0.3 is 5.97 Å². The number of anilines is 1. The van der Waals surface area contributed by atoms with E-state index < -0.39 is 17.9 Å². The fraction of sp³-hybridized carbons (Fsp3) is 0.280. The second-order valence-corrected chi connectivity index (χ2v) is 9.52. The number of nitrogens with one attached hydrogen (secondary N) is 1. The molecule has 0 aliphatic carbocycles. The zero-order chi connectivity index (χ0) is 26.4. The molecular formula is C25H28Cl2N4O5S. The number of ether oxygens (including phenoxy) is 2. The Labute approximate surface area is 229 Å². The number of nitrogens with zero attached hydrogens (tertiary/aromatic N) is 2. The average molecular weight is 567 g/mol. The first-order valence-corrected chi connectivity index (χ1v) is 12.3. The van der Waals surface area contributed by atoms with Gasteiger partial charge in [0.15, 0.2) is 11.5 Å². The number of carbonyl (C=O) groups excluding carboxylic acids is 3. The van der Waals surface area contributed by atoms with E-state index >= 15 is 0 Å². The monoisotopic (exact) mass is 566 g/mol. The van der Waals surface area contributed by atoms with Crippen LogP contribution >= 0.6 is 35.3 Å². The molecule has 9 nitrogen and oxygen atoms in total. The van der Waals surface area contributed by atoms with Crippen molar-refractivity contribution < 1.29 is 23.9 Å². The smallest absolute Gasteiger partial charge is 0.324 e. The van der Waals surface area contributed by atoms with Gasteiger partial charge in [-0.05, 0) is 30.5 Å². The highest BCUT2D eigenvalue weighted by Gasteiger charge is 2.20. The van der Waals surface area contributed by atoms with Crippen LogP contribution in [0, 0.1) is 12.8 Å². The summed E-state index contributed by atoms with van der Waals surface area (Å²) >= 11 is 7.58. The molecule has 0 unspecified atom stereocenters. The van der Waals surface area contributed by atoms with Crippen LogP contribution in [0.1, 0.15) is 40.1 Å². The Hall–Kier alpha value is -3.18. The number of methoxy groups -OCH3 is 1. The molecule has 0 radical (unpaired) electrons. The Kier molecular flexibility index (Phi) is 10.9. The van der Waals surface area contributed by atoms with E-state index in [0.717, 1.165) is 5.56 Å². The van der Waals surface area contributed by atoms with Crippen molar-refractivity contribution in [3.05, 3.63) is 74.5 Å². The third-order valence-electron chi connectivity index (χ3n) is 5.35. The lowest BCUT2D eigenvalue weighted by atomic mass is 10.1. The largest absolute Gasteiger partial charge is 0.496 e. The highest BCUT2D eigenvalue weighted by atomic mass is 35.5. The van der Waals surface area contributed by atoms with E-state index in [1.807, 2.05) is 32.9 Å². The molecule has 1 atom stereocenters. The van der Waals surface area contributed by atoms with Gasteiger partial charge in [0.25, 0.3) is 11.8 Å². The van der Waals surface area contributed by atoms with E-state index in [0.29, 0.717) is 10.4 Å². The highest BCUT2D eigenvalue weighted by molar-refractivity contribution is 7.07. The number of hydrogen-bond acceptors (Lipinski definition) is 7. The molecule has 0 aliphatic heterocycles. The maximum atomic E-state index is 13.0. The van der Waals surface area contributed by atoms with Crippen LogP contribution in [0.15, 0.2) is 53.0 Å². The molecule has 0 saturated heterocycles. The quantitative estimate of drug-likeness (QED) is 0.389. The van der Waals surface area contributed by atoms with E-state index in [4.69, 9.17) is 26.8 Å². The molecule has 3 N–H and O–H groups in total. The lowest BCUT2D eigenvalue weighted by Gasteiger charge is -2.14. The van der Waals surface area contributed by atoms with Gasteiger partial charge in [-0.3, -0.25) is 19.0 Å². The molecule has 0 bridgehead atoms. The van der Waals surface area contributed by atoms with E-state index in [1.54, 1.807) is 23.7 Å². The SMILES string of the molecule is COc1cc(NC(=O)c2ccccc2C)c(Cl)cc1C(=O)/N=c1\sccn1COC(=O)[C@@H](N)C(C)C.Cl. The van der Waals surface area contributed by atoms with Crippen molar-refractivity contribution in [1.82, 2.24) is 4.57 Å². The summed E-state index contributed by atoms with van der Waals surface area (Å²) in [5.41, 5.74) is 7.52. The summed E-state index contributed by atoms with van der Waals surface area (Å²) in [5.74, 6) is -1.39. The van der Waals surface area contributed by atoms with Crippen LogP contribution in [0.2, 0.25) is 5.02 Å². The lowest BCUT2D eigenvalue weighted by Crippen LogP contribution is -2.37. The van der Waals surface area contributed by atoms with Crippen molar-refractivity contribution in [3.8, 4) is 5.75 Å². The molecule has 3 aromatic rings. The number of rotatable bonds is 8. The minimum absolute atomic E-state index is 0. The van der Waals surface area contributed by atoms with Crippen molar-refractivity contribution in [2.75, 3.05) is 12.4 Å². The molecule has 0 aliphatic rings. The lowest BCUT2D eigenvalue weighted by molar-refractivity contribution is -0.150. The van der Waals surface area contributed by atoms with Crippen LogP contribution in [0.5, 0.6) is 5.75 Å². The van der Waals surface area contributed by atoms with Gasteiger partial charge in [-0.2, -0.15) is 4.99 Å². The number of benzene rings is 2. The maximum absolute atomic E-state index is 13.0. The van der Waals surface area contributed by atoms with E-state index in [9.17, 15) is 14.4 Å². The molecule has 198 valence electrons. The molecule has 0 saturated carbocycles. The first-order chi connectivity index (χ1) is 17.1. The van der Waals surface area contributed by atoms with Crippen LogP contribution in [0.4, 0.5) is 5.69 Å². The summed E-state index contributed by atoms with van der Waals surface area (Å²) in [7, 11) is 1.40. The minimum Gasteiger partial charge on any atom is -0.496 e. The topological polar surface area (TPSA) is 125 Å². The van der Waals surface area contributed by atoms with E-state index in [1.165, 1.54) is 35.1 Å². The van der Waals surface area contributed by atoms with Crippen LogP contribution < -0.4 is 20.6 Å². The number of aromatic nitrogens is 1. The number of thiazole rings is 1. The molecule has 3 rings (SSSR count). The van der Waals surface area contributed by atoms with Crippen LogP contribution in [-0.4, -0.2) is 35.5 Å². The molecule has 1 heterocycles. The summed E-state index contributed by atoms with van der Waals surface area (Å²) in [6.07, 6.45) is 1.64. The molecule has 0 spiro atoms. The summed E-state index contributed by atoms with van der Waals surface area (Å²) in [6, 6.07) is 9.26. The summed E-state index contributed by atoms with van der Waals surface area (Å²) < 4.78 is 12.1. The molecule has 12 heteroatoms. The average Bonchev–Trinajstić information content (AvgIpc) is 3.29. The Morgan fingerprint density at radius 3 is 2.54 bits per heavy atom. The molecule has 2 aromatic carbocycles. The van der Waals surface area contributed by atoms with Crippen molar-refractivity contribution in [2.45, 2.75) is 33.5 Å². The van der Waals surface area contributed by atoms with E-state index in [2.05, 4.69) is 10.3 Å². The van der Waals surface area contributed by atoms with Crippen molar-refractivity contribution in [2.24, 2.45) is 16.6 Å². The van der Waals surface area contributed by atoms with Gasteiger partial charge in [-0.15, -0.1) is 23.7 Å². The molecule has 2 amide bonds. The second kappa shape index (κ2) is 13.4. The summed E-state index contributed by atoms with van der Waals surface area (Å²) in [5, 5.41) is 4.60. The normalized spacial score (nSPS) is 12.0. The van der Waals surface area contributed by atoms with Crippen molar-refractivity contribution in [1.29, 1.82) is 0 Å². The predicted octanol–water partition coefficient (Wildman–Crippen LogP) is 4.42. The zero-order valence-electron chi connectivity index (χ0n) is 20.7.